The third-order valence-electron chi connectivity index (χ3n) is 5.83. The lowest BCUT2D eigenvalue weighted by molar-refractivity contribution is -0.131. The van der Waals surface area contributed by atoms with Gasteiger partial charge in [0.1, 0.15) is 17.7 Å². The van der Waals surface area contributed by atoms with E-state index in [2.05, 4.69) is 16.0 Å². The molecule has 204 valence electrons. The van der Waals surface area contributed by atoms with Crippen molar-refractivity contribution in [3.63, 3.8) is 0 Å². The molecule has 35 heavy (non-hydrogen) atoms. The Morgan fingerprint density at radius 2 is 1.54 bits per heavy atom. The zero-order chi connectivity index (χ0) is 26.5. The van der Waals surface area contributed by atoms with Gasteiger partial charge >= 0.3 is 6.09 Å². The molecule has 0 bridgehead atoms. The minimum Gasteiger partial charge on any atom is -0.444 e. The van der Waals surface area contributed by atoms with Crippen LogP contribution in [0.15, 0.2) is 0 Å². The maximum absolute atomic E-state index is 12.9. The fraction of sp³-hybridized carbons (Fsp3) is 0.885. The Balaban J connectivity index is 2.53. The van der Waals surface area contributed by atoms with Gasteiger partial charge in [-0.05, 0) is 73.1 Å². The molecule has 0 aliphatic heterocycles. The van der Waals surface area contributed by atoms with Gasteiger partial charge in [0.2, 0.25) is 11.8 Å². The number of ether oxygens (including phenoxy) is 2. The highest BCUT2D eigenvalue weighted by Crippen LogP contribution is 2.25. The van der Waals surface area contributed by atoms with Gasteiger partial charge in [0.05, 0.1) is 12.2 Å². The van der Waals surface area contributed by atoms with Gasteiger partial charge in [0.25, 0.3) is 0 Å². The molecule has 0 radical (unpaired) electrons. The summed E-state index contributed by atoms with van der Waals surface area (Å²) >= 11 is 0. The molecule has 3 amide bonds. The summed E-state index contributed by atoms with van der Waals surface area (Å²) in [7, 11) is 0. The maximum atomic E-state index is 12.9. The topological polar surface area (TPSA) is 132 Å². The van der Waals surface area contributed by atoms with Crippen molar-refractivity contribution in [1.29, 1.82) is 0 Å². The molecule has 0 heterocycles. The van der Waals surface area contributed by atoms with Crippen molar-refractivity contribution < 1.29 is 23.9 Å². The number of hydrogen-bond donors (Lipinski definition) is 4. The van der Waals surface area contributed by atoms with Gasteiger partial charge in [0, 0.05) is 13.1 Å². The van der Waals surface area contributed by atoms with E-state index in [9.17, 15) is 14.4 Å². The molecular weight excluding hydrogens is 448 g/mol. The second-order valence-electron chi connectivity index (χ2n) is 11.6. The lowest BCUT2D eigenvalue weighted by Gasteiger charge is -2.25. The monoisotopic (exact) mass is 498 g/mol. The van der Waals surface area contributed by atoms with Crippen LogP contribution in [-0.2, 0) is 19.1 Å². The van der Waals surface area contributed by atoms with Crippen molar-refractivity contribution >= 4 is 17.9 Å². The van der Waals surface area contributed by atoms with Crippen molar-refractivity contribution in [2.24, 2.45) is 11.7 Å². The molecule has 1 aliphatic carbocycles. The third kappa shape index (κ3) is 15.7. The van der Waals surface area contributed by atoms with Gasteiger partial charge in [-0.2, -0.15) is 0 Å². The molecule has 1 rings (SSSR count). The van der Waals surface area contributed by atoms with E-state index in [0.717, 1.165) is 6.42 Å². The first-order valence-corrected chi connectivity index (χ1v) is 13.2. The van der Waals surface area contributed by atoms with Crippen LogP contribution in [0.5, 0.6) is 0 Å². The van der Waals surface area contributed by atoms with Crippen LogP contribution in [-0.4, -0.2) is 60.9 Å². The van der Waals surface area contributed by atoms with Crippen molar-refractivity contribution in [3.8, 4) is 0 Å². The lowest BCUT2D eigenvalue weighted by atomic mass is 9.87. The summed E-state index contributed by atoms with van der Waals surface area (Å²) in [4.78, 5) is 37.3. The van der Waals surface area contributed by atoms with E-state index in [1.807, 2.05) is 41.5 Å². The van der Waals surface area contributed by atoms with E-state index in [1.54, 1.807) is 0 Å². The smallest absolute Gasteiger partial charge is 0.407 e. The van der Waals surface area contributed by atoms with Crippen LogP contribution in [0.25, 0.3) is 0 Å². The maximum Gasteiger partial charge on any atom is 0.407 e. The lowest BCUT2D eigenvalue weighted by Crippen LogP contribution is -2.53. The van der Waals surface area contributed by atoms with Gasteiger partial charge in [-0.3, -0.25) is 9.59 Å². The predicted octanol–water partition coefficient (Wildman–Crippen LogP) is 3.40. The second kappa shape index (κ2) is 15.3. The minimum atomic E-state index is -0.861. The number of hydrogen-bond acceptors (Lipinski definition) is 6. The van der Waals surface area contributed by atoms with Crippen LogP contribution in [0.4, 0.5) is 4.79 Å². The van der Waals surface area contributed by atoms with Crippen molar-refractivity contribution in [2.45, 2.75) is 123 Å². The van der Waals surface area contributed by atoms with Gasteiger partial charge < -0.3 is 31.2 Å². The average molecular weight is 499 g/mol. The number of unbranched alkanes of at least 4 members (excludes halogenated alkanes) is 1. The van der Waals surface area contributed by atoms with E-state index in [1.165, 1.54) is 32.1 Å². The van der Waals surface area contributed by atoms with E-state index in [-0.39, 0.29) is 12.5 Å². The molecule has 0 unspecified atom stereocenters. The minimum absolute atomic E-state index is 0.0746. The first kappa shape index (κ1) is 31.2. The normalized spacial score (nSPS) is 16.8. The summed E-state index contributed by atoms with van der Waals surface area (Å²) in [5.74, 6) is 0.0609. The molecule has 0 spiro atoms. The van der Waals surface area contributed by atoms with E-state index in [4.69, 9.17) is 15.2 Å². The summed E-state index contributed by atoms with van der Waals surface area (Å²) in [5.41, 5.74) is 5.04. The SMILES string of the molecule is CC(C)(C)OC[C@H](N)C(=O)N[C@@H](CCCCNC(=O)OC(C)(C)C)C(=O)NCCC1CCCCC1. The number of rotatable bonds is 13. The Kier molecular flexibility index (Phi) is 13.6. The average Bonchev–Trinajstić information content (AvgIpc) is 2.75. The molecule has 0 aromatic rings. The van der Waals surface area contributed by atoms with E-state index < -0.39 is 35.3 Å². The molecule has 2 atom stereocenters. The van der Waals surface area contributed by atoms with Crippen LogP contribution < -0.4 is 21.7 Å². The van der Waals surface area contributed by atoms with Gasteiger partial charge in [-0.25, -0.2) is 4.79 Å². The molecule has 1 saturated carbocycles. The Hall–Kier alpha value is -1.87. The largest absolute Gasteiger partial charge is 0.444 e. The fourth-order valence-electron chi connectivity index (χ4n) is 3.94. The molecule has 1 fully saturated rings. The Morgan fingerprint density at radius 1 is 0.886 bits per heavy atom. The Morgan fingerprint density at radius 3 is 2.14 bits per heavy atom. The highest BCUT2D eigenvalue weighted by molar-refractivity contribution is 5.89. The summed E-state index contributed by atoms with van der Waals surface area (Å²) in [6, 6.07) is -1.54. The standard InChI is InChI=1S/C26H50N4O5/c1-25(2,3)34-18-20(27)22(31)30-21(14-10-11-16-29-24(33)35-26(4,5)6)23(32)28-17-15-19-12-8-7-9-13-19/h19-21H,7-18,27H2,1-6H3,(H,28,32)(H,29,33)(H,30,31)/t20-,21-/m0/s1. The Bertz CT molecular complexity index is 651. The second-order valence-corrected chi connectivity index (χ2v) is 11.6. The van der Waals surface area contributed by atoms with Crippen molar-refractivity contribution in [3.05, 3.63) is 0 Å². The van der Waals surface area contributed by atoms with Crippen molar-refractivity contribution in [2.75, 3.05) is 19.7 Å². The number of alkyl carbamates (subject to hydrolysis) is 1. The first-order valence-electron chi connectivity index (χ1n) is 13.2. The van der Waals surface area contributed by atoms with Crippen LogP contribution >= 0.6 is 0 Å². The fourth-order valence-corrected chi connectivity index (χ4v) is 3.94. The van der Waals surface area contributed by atoms with Gasteiger partial charge in [-0.1, -0.05) is 32.1 Å². The first-order chi connectivity index (χ1) is 16.3. The molecule has 9 nitrogen and oxygen atoms in total. The van der Waals surface area contributed by atoms with Crippen LogP contribution in [0.3, 0.4) is 0 Å². The van der Waals surface area contributed by atoms with Crippen LogP contribution in [0.1, 0.15) is 99.3 Å². The predicted molar refractivity (Wildman–Crippen MR) is 138 cm³/mol. The van der Waals surface area contributed by atoms with E-state index in [0.29, 0.717) is 38.3 Å². The van der Waals surface area contributed by atoms with Crippen LogP contribution in [0, 0.1) is 5.92 Å². The van der Waals surface area contributed by atoms with Crippen LogP contribution in [0.2, 0.25) is 0 Å². The molecule has 0 aromatic heterocycles. The Labute approximate surface area is 212 Å². The molecule has 1 aliphatic rings. The number of nitrogens with two attached hydrogens (primary N) is 1. The third-order valence-corrected chi connectivity index (χ3v) is 5.83. The summed E-state index contributed by atoms with van der Waals surface area (Å²) in [6.07, 6.45) is 8.53. The number of amides is 3. The molecule has 5 N–H and O–H groups in total. The van der Waals surface area contributed by atoms with Crippen molar-refractivity contribution in [1.82, 2.24) is 16.0 Å². The molecule has 9 heteroatoms. The molecular formula is C26H50N4O5. The van der Waals surface area contributed by atoms with Gasteiger partial charge in [-0.15, -0.1) is 0 Å². The van der Waals surface area contributed by atoms with E-state index >= 15 is 0 Å². The molecule has 0 aromatic carbocycles. The number of carbonyl (C=O) groups excluding carboxylic acids is 3. The molecule has 0 saturated heterocycles. The zero-order valence-electron chi connectivity index (χ0n) is 22.8. The summed E-state index contributed by atoms with van der Waals surface area (Å²) in [6.45, 7) is 12.2. The summed E-state index contributed by atoms with van der Waals surface area (Å²) in [5, 5.41) is 8.52. The summed E-state index contributed by atoms with van der Waals surface area (Å²) < 4.78 is 10.8. The number of carbonyl (C=O) groups is 3. The van der Waals surface area contributed by atoms with Gasteiger partial charge in [0.15, 0.2) is 0 Å². The number of nitrogens with one attached hydrogen (secondary N) is 3. The highest BCUT2D eigenvalue weighted by atomic mass is 16.6. The quantitative estimate of drug-likeness (QED) is 0.288. The zero-order valence-corrected chi connectivity index (χ0v) is 22.8. The highest BCUT2D eigenvalue weighted by Gasteiger charge is 2.25.